The maximum Gasteiger partial charge on any atom is 0.161 e. The number of methoxy groups -OCH3 is 1. The van der Waals surface area contributed by atoms with Crippen LogP contribution in [0.4, 0.5) is 0 Å². The summed E-state index contributed by atoms with van der Waals surface area (Å²) >= 11 is 12.2. The molecule has 0 aliphatic rings. The van der Waals surface area contributed by atoms with Gasteiger partial charge in [0.2, 0.25) is 0 Å². The predicted octanol–water partition coefficient (Wildman–Crippen LogP) is 5.79. The van der Waals surface area contributed by atoms with Gasteiger partial charge in [0.1, 0.15) is 12.4 Å². The highest BCUT2D eigenvalue weighted by molar-refractivity contribution is 6.35. The monoisotopic (exact) mass is 455 g/mol. The molecule has 4 rings (SSSR count). The molecule has 3 aromatic carbocycles. The van der Waals surface area contributed by atoms with Crippen LogP contribution in [0.25, 0.3) is 11.0 Å². The van der Waals surface area contributed by atoms with E-state index in [1.54, 1.807) is 19.2 Å². The first-order chi connectivity index (χ1) is 15.1. The molecule has 0 aliphatic heterocycles. The smallest absolute Gasteiger partial charge is 0.161 e. The van der Waals surface area contributed by atoms with E-state index in [0.717, 1.165) is 47.5 Å². The molecular weight excluding hydrogens is 433 g/mol. The number of fused-ring (bicyclic) bond motifs is 1. The number of aromatic nitrogens is 2. The number of hydrogen-bond acceptors (Lipinski definition) is 4. The summed E-state index contributed by atoms with van der Waals surface area (Å²) in [4.78, 5) is 7.95. The lowest BCUT2D eigenvalue weighted by Crippen LogP contribution is -2.17. The van der Waals surface area contributed by atoms with Crippen LogP contribution >= 0.6 is 23.2 Å². The standard InChI is InChI=1S/C24H23Cl2N3O2/c1-30-23-12-16(6-9-22(23)31-15-17-7-8-18(25)13-19(17)26)14-27-11-10-24-28-20-4-2-3-5-21(20)29-24/h2-9,12-13,27H,10-11,14-15H2,1H3,(H,28,29). The maximum absolute atomic E-state index is 6.22. The number of ether oxygens (including phenoxy) is 2. The first-order valence-corrected chi connectivity index (χ1v) is 10.8. The van der Waals surface area contributed by atoms with Crippen molar-refractivity contribution in [2.45, 2.75) is 19.6 Å². The Labute approximate surface area is 191 Å². The fraction of sp³-hybridized carbons (Fsp3) is 0.208. The van der Waals surface area contributed by atoms with Crippen molar-refractivity contribution in [3.8, 4) is 11.5 Å². The first kappa shape index (κ1) is 21.5. The number of halogens is 2. The van der Waals surface area contributed by atoms with Gasteiger partial charge < -0.3 is 19.8 Å². The molecule has 0 saturated heterocycles. The third kappa shape index (κ3) is 5.50. The van der Waals surface area contributed by atoms with E-state index in [1.165, 1.54) is 0 Å². The number of aromatic amines is 1. The Morgan fingerprint density at radius 3 is 2.68 bits per heavy atom. The van der Waals surface area contributed by atoms with Gasteiger partial charge >= 0.3 is 0 Å². The minimum Gasteiger partial charge on any atom is -0.493 e. The molecular formula is C24H23Cl2N3O2. The van der Waals surface area contributed by atoms with Gasteiger partial charge in [-0.2, -0.15) is 0 Å². The van der Waals surface area contributed by atoms with Crippen LogP contribution in [-0.4, -0.2) is 23.6 Å². The minimum atomic E-state index is 0.335. The van der Waals surface area contributed by atoms with Crippen molar-refractivity contribution in [2.75, 3.05) is 13.7 Å². The molecule has 7 heteroatoms. The molecule has 1 aromatic heterocycles. The molecule has 0 fully saturated rings. The lowest BCUT2D eigenvalue weighted by Gasteiger charge is -2.13. The highest BCUT2D eigenvalue weighted by atomic mass is 35.5. The van der Waals surface area contributed by atoms with E-state index in [9.17, 15) is 0 Å². The molecule has 1 heterocycles. The predicted molar refractivity (Wildman–Crippen MR) is 125 cm³/mol. The third-order valence-corrected chi connectivity index (χ3v) is 5.52. The van der Waals surface area contributed by atoms with Gasteiger partial charge in [-0.1, -0.05) is 47.5 Å². The van der Waals surface area contributed by atoms with Crippen LogP contribution in [0.5, 0.6) is 11.5 Å². The van der Waals surface area contributed by atoms with E-state index >= 15 is 0 Å². The Hall–Kier alpha value is -2.73. The quantitative estimate of drug-likeness (QED) is 0.313. The second kappa shape index (κ2) is 10.1. The fourth-order valence-electron chi connectivity index (χ4n) is 3.30. The highest BCUT2D eigenvalue weighted by Crippen LogP contribution is 2.30. The molecule has 0 bridgehead atoms. The zero-order valence-electron chi connectivity index (χ0n) is 17.1. The highest BCUT2D eigenvalue weighted by Gasteiger charge is 2.09. The summed E-state index contributed by atoms with van der Waals surface area (Å²) in [6.07, 6.45) is 0.828. The summed E-state index contributed by atoms with van der Waals surface area (Å²) in [5, 5.41) is 4.63. The zero-order chi connectivity index (χ0) is 21.6. The summed E-state index contributed by atoms with van der Waals surface area (Å²) in [6, 6.07) is 19.3. The zero-order valence-corrected chi connectivity index (χ0v) is 18.6. The van der Waals surface area contributed by atoms with Crippen LogP contribution in [0.15, 0.2) is 60.7 Å². The molecule has 0 unspecified atom stereocenters. The number of nitrogens with zero attached hydrogens (tertiary/aromatic N) is 1. The van der Waals surface area contributed by atoms with Crippen LogP contribution in [0.2, 0.25) is 10.0 Å². The fourth-order valence-corrected chi connectivity index (χ4v) is 3.76. The summed E-state index contributed by atoms with van der Waals surface area (Å²) < 4.78 is 11.4. The topological polar surface area (TPSA) is 59.2 Å². The second-order valence-electron chi connectivity index (χ2n) is 7.14. The van der Waals surface area contributed by atoms with Gasteiger partial charge in [-0.25, -0.2) is 4.98 Å². The van der Waals surface area contributed by atoms with E-state index in [4.69, 9.17) is 32.7 Å². The second-order valence-corrected chi connectivity index (χ2v) is 7.98. The Balaban J connectivity index is 1.30. The largest absolute Gasteiger partial charge is 0.493 e. The van der Waals surface area contributed by atoms with Gasteiger partial charge in [-0.05, 0) is 42.0 Å². The number of hydrogen-bond donors (Lipinski definition) is 2. The van der Waals surface area contributed by atoms with Gasteiger partial charge in [-0.3, -0.25) is 0 Å². The van der Waals surface area contributed by atoms with Gasteiger partial charge in [0, 0.05) is 35.1 Å². The minimum absolute atomic E-state index is 0.335. The summed E-state index contributed by atoms with van der Waals surface area (Å²) in [7, 11) is 1.64. The lowest BCUT2D eigenvalue weighted by molar-refractivity contribution is 0.284. The molecule has 0 spiro atoms. The van der Waals surface area contributed by atoms with E-state index in [0.29, 0.717) is 28.2 Å². The van der Waals surface area contributed by atoms with Crippen LogP contribution in [0.3, 0.4) is 0 Å². The molecule has 160 valence electrons. The molecule has 0 amide bonds. The number of benzene rings is 3. The normalized spacial score (nSPS) is 11.1. The van der Waals surface area contributed by atoms with Crippen LogP contribution in [0, 0.1) is 0 Å². The molecule has 31 heavy (non-hydrogen) atoms. The average Bonchev–Trinajstić information content (AvgIpc) is 3.19. The van der Waals surface area contributed by atoms with Crippen molar-refractivity contribution >= 4 is 34.2 Å². The molecule has 5 nitrogen and oxygen atoms in total. The van der Waals surface area contributed by atoms with Crippen LogP contribution in [0.1, 0.15) is 17.0 Å². The number of imidazole rings is 1. The van der Waals surface area contributed by atoms with E-state index in [-0.39, 0.29) is 0 Å². The van der Waals surface area contributed by atoms with Crippen molar-refractivity contribution in [1.82, 2.24) is 15.3 Å². The average molecular weight is 456 g/mol. The van der Waals surface area contributed by atoms with Crippen LogP contribution in [-0.2, 0) is 19.6 Å². The Morgan fingerprint density at radius 2 is 1.87 bits per heavy atom. The van der Waals surface area contributed by atoms with Crippen molar-refractivity contribution in [2.24, 2.45) is 0 Å². The Bertz CT molecular complexity index is 1140. The van der Waals surface area contributed by atoms with Crippen molar-refractivity contribution < 1.29 is 9.47 Å². The number of para-hydroxylation sites is 2. The van der Waals surface area contributed by atoms with Gasteiger partial charge in [0.25, 0.3) is 0 Å². The van der Waals surface area contributed by atoms with E-state index < -0.39 is 0 Å². The Kier molecular flexibility index (Phi) is 6.97. The number of H-pyrrole nitrogens is 1. The molecule has 0 aliphatic carbocycles. The first-order valence-electron chi connectivity index (χ1n) is 10.0. The van der Waals surface area contributed by atoms with Gasteiger partial charge in [0.15, 0.2) is 11.5 Å². The van der Waals surface area contributed by atoms with E-state index in [1.807, 2.05) is 48.5 Å². The van der Waals surface area contributed by atoms with Crippen molar-refractivity contribution in [3.63, 3.8) is 0 Å². The van der Waals surface area contributed by atoms with Crippen molar-refractivity contribution in [3.05, 3.63) is 87.7 Å². The van der Waals surface area contributed by atoms with Gasteiger partial charge in [0.05, 0.1) is 18.1 Å². The van der Waals surface area contributed by atoms with Crippen LogP contribution < -0.4 is 14.8 Å². The maximum atomic E-state index is 6.22. The lowest BCUT2D eigenvalue weighted by atomic mass is 10.2. The van der Waals surface area contributed by atoms with Gasteiger partial charge in [-0.15, -0.1) is 0 Å². The summed E-state index contributed by atoms with van der Waals surface area (Å²) in [6.45, 7) is 1.87. The summed E-state index contributed by atoms with van der Waals surface area (Å²) in [5.41, 5.74) is 4.04. The van der Waals surface area contributed by atoms with Crippen molar-refractivity contribution in [1.29, 1.82) is 0 Å². The number of nitrogens with one attached hydrogen (secondary N) is 2. The SMILES string of the molecule is COc1cc(CNCCc2nc3ccccc3[nH]2)ccc1OCc1ccc(Cl)cc1Cl. The molecule has 2 N–H and O–H groups in total. The third-order valence-electron chi connectivity index (χ3n) is 4.93. The molecule has 0 saturated carbocycles. The molecule has 0 atom stereocenters. The molecule has 4 aromatic rings. The van der Waals surface area contributed by atoms with E-state index in [2.05, 4.69) is 15.3 Å². The Morgan fingerprint density at radius 1 is 1.00 bits per heavy atom. The molecule has 0 radical (unpaired) electrons. The summed E-state index contributed by atoms with van der Waals surface area (Å²) in [5.74, 6) is 2.33. The number of rotatable bonds is 9.